The Morgan fingerprint density at radius 1 is 1.27 bits per heavy atom. The van der Waals surface area contributed by atoms with Crippen LogP contribution in [0.15, 0.2) is 35.5 Å². The molecule has 0 unspecified atom stereocenters. The number of carboxylic acid groups (broad SMARTS) is 1. The van der Waals surface area contributed by atoms with Crippen LogP contribution in [0.2, 0.25) is 0 Å². The molecule has 0 saturated heterocycles. The van der Waals surface area contributed by atoms with Gasteiger partial charge in [0.15, 0.2) is 5.13 Å². The molecule has 0 aliphatic heterocycles. The van der Waals surface area contributed by atoms with Crippen molar-refractivity contribution in [3.8, 4) is 0 Å². The Kier molecular flexibility index (Phi) is 5.86. The lowest BCUT2D eigenvalue weighted by atomic mass is 10.2. The van der Waals surface area contributed by atoms with Gasteiger partial charge in [0, 0.05) is 30.4 Å². The van der Waals surface area contributed by atoms with E-state index in [4.69, 9.17) is 5.11 Å². The first-order valence-corrected chi connectivity index (χ1v) is 9.75. The number of benzene rings is 1. The Bertz CT molecular complexity index is 901. The van der Waals surface area contributed by atoms with Gasteiger partial charge in [0.25, 0.3) is 0 Å². The van der Waals surface area contributed by atoms with Gasteiger partial charge in [0.05, 0.1) is 21.9 Å². The second-order valence-electron chi connectivity index (χ2n) is 5.37. The van der Waals surface area contributed by atoms with Crippen molar-refractivity contribution in [1.82, 2.24) is 15.0 Å². The number of aromatic carboxylic acids is 1. The Morgan fingerprint density at radius 2 is 2.00 bits per heavy atom. The number of nitrogens with one attached hydrogen (secondary N) is 2. The van der Waals surface area contributed by atoms with E-state index in [9.17, 15) is 9.90 Å². The fourth-order valence-electron chi connectivity index (χ4n) is 2.13. The van der Waals surface area contributed by atoms with Gasteiger partial charge in [-0.25, -0.2) is 19.7 Å². The number of thioether (sulfide) groups is 1. The molecule has 0 amide bonds. The Balaban J connectivity index is 1.52. The first-order chi connectivity index (χ1) is 12.5. The summed E-state index contributed by atoms with van der Waals surface area (Å²) in [6.45, 7) is 0.585. The number of thiazole rings is 1. The number of fused-ring (bicyclic) bond motifs is 1. The molecule has 10 heteroatoms. The monoisotopic (exact) mass is 391 g/mol. The quantitative estimate of drug-likeness (QED) is 0.429. The molecule has 3 aromatic rings. The predicted molar refractivity (Wildman–Crippen MR) is 103 cm³/mol. The Hall–Kier alpha value is -2.43. The SMILES string of the molecule is CSc1cnc(NC[C@@H](O)CNc2nc3ccc(C(=O)O)cc3s2)nc1. The minimum Gasteiger partial charge on any atom is -0.478 e. The number of nitrogens with zero attached hydrogens (tertiary/aromatic N) is 3. The molecule has 3 rings (SSSR count). The van der Waals surface area contributed by atoms with Gasteiger partial charge in [-0.1, -0.05) is 11.3 Å². The third-order valence-corrected chi connectivity index (χ3v) is 5.14. The average molecular weight is 391 g/mol. The van der Waals surface area contributed by atoms with Crippen LogP contribution in [-0.4, -0.2) is 56.6 Å². The van der Waals surface area contributed by atoms with Crippen molar-refractivity contribution < 1.29 is 15.0 Å². The zero-order valence-corrected chi connectivity index (χ0v) is 15.5. The van der Waals surface area contributed by atoms with E-state index in [2.05, 4.69) is 25.6 Å². The largest absolute Gasteiger partial charge is 0.478 e. The van der Waals surface area contributed by atoms with Crippen molar-refractivity contribution in [1.29, 1.82) is 0 Å². The maximum Gasteiger partial charge on any atom is 0.335 e. The molecular weight excluding hydrogens is 374 g/mol. The maximum atomic E-state index is 11.0. The highest BCUT2D eigenvalue weighted by molar-refractivity contribution is 7.98. The first kappa shape index (κ1) is 18.4. The molecule has 0 spiro atoms. The summed E-state index contributed by atoms with van der Waals surface area (Å²) in [6.07, 6.45) is 4.72. The van der Waals surface area contributed by atoms with Crippen molar-refractivity contribution in [3.05, 3.63) is 36.2 Å². The number of rotatable bonds is 8. The summed E-state index contributed by atoms with van der Waals surface area (Å²) in [6, 6.07) is 4.79. The second kappa shape index (κ2) is 8.30. The van der Waals surface area contributed by atoms with E-state index in [1.165, 1.54) is 17.4 Å². The molecule has 4 N–H and O–H groups in total. The Morgan fingerprint density at radius 3 is 2.69 bits per heavy atom. The van der Waals surface area contributed by atoms with E-state index >= 15 is 0 Å². The van der Waals surface area contributed by atoms with Crippen LogP contribution in [0.1, 0.15) is 10.4 Å². The summed E-state index contributed by atoms with van der Waals surface area (Å²) < 4.78 is 0.780. The summed E-state index contributed by atoms with van der Waals surface area (Å²) in [5.41, 5.74) is 0.946. The zero-order chi connectivity index (χ0) is 18.5. The number of aromatic nitrogens is 3. The van der Waals surface area contributed by atoms with E-state index in [1.807, 2.05) is 6.26 Å². The zero-order valence-electron chi connectivity index (χ0n) is 13.8. The molecule has 136 valence electrons. The van der Waals surface area contributed by atoms with Crippen LogP contribution in [0, 0.1) is 0 Å². The minimum atomic E-state index is -0.968. The van der Waals surface area contributed by atoms with Crippen LogP contribution in [0.4, 0.5) is 11.1 Å². The normalized spacial score (nSPS) is 12.1. The van der Waals surface area contributed by atoms with Crippen molar-refractivity contribution in [2.24, 2.45) is 0 Å². The summed E-state index contributed by atoms with van der Waals surface area (Å²) in [4.78, 5) is 24.7. The number of hydrogen-bond acceptors (Lipinski definition) is 9. The van der Waals surface area contributed by atoms with E-state index in [0.717, 1.165) is 15.1 Å². The van der Waals surface area contributed by atoms with Crippen molar-refractivity contribution in [3.63, 3.8) is 0 Å². The second-order valence-corrected chi connectivity index (χ2v) is 7.28. The van der Waals surface area contributed by atoms with E-state index in [0.29, 0.717) is 24.2 Å². The summed E-state index contributed by atoms with van der Waals surface area (Å²) >= 11 is 2.91. The van der Waals surface area contributed by atoms with Crippen LogP contribution in [0.5, 0.6) is 0 Å². The highest BCUT2D eigenvalue weighted by atomic mass is 32.2. The molecule has 0 aliphatic rings. The van der Waals surface area contributed by atoms with Gasteiger partial charge in [-0.3, -0.25) is 0 Å². The minimum absolute atomic E-state index is 0.226. The maximum absolute atomic E-state index is 11.0. The number of anilines is 2. The van der Waals surface area contributed by atoms with E-state index in [1.54, 1.807) is 36.3 Å². The molecule has 0 fully saturated rings. The summed E-state index contributed by atoms with van der Waals surface area (Å²) in [7, 11) is 0. The van der Waals surface area contributed by atoms with E-state index in [-0.39, 0.29) is 5.56 Å². The predicted octanol–water partition coefficient (Wildman–Crippen LogP) is 2.39. The van der Waals surface area contributed by atoms with Gasteiger partial charge in [0.1, 0.15) is 0 Å². The van der Waals surface area contributed by atoms with Crippen molar-refractivity contribution >= 4 is 50.4 Å². The fourth-order valence-corrected chi connectivity index (χ4v) is 3.36. The molecule has 0 radical (unpaired) electrons. The number of hydrogen-bond donors (Lipinski definition) is 4. The Labute approximate surface area is 157 Å². The molecule has 1 aromatic carbocycles. The average Bonchev–Trinajstić information content (AvgIpc) is 3.07. The number of carboxylic acids is 1. The van der Waals surface area contributed by atoms with Gasteiger partial charge >= 0.3 is 5.97 Å². The lowest BCUT2D eigenvalue weighted by Crippen LogP contribution is -2.28. The fraction of sp³-hybridized carbons (Fsp3) is 0.250. The molecule has 2 heterocycles. The molecule has 0 saturated carbocycles. The van der Waals surface area contributed by atoms with Crippen LogP contribution in [0.3, 0.4) is 0 Å². The number of aliphatic hydroxyl groups is 1. The molecule has 0 bridgehead atoms. The van der Waals surface area contributed by atoms with Gasteiger partial charge in [-0.15, -0.1) is 11.8 Å². The third-order valence-electron chi connectivity index (χ3n) is 3.48. The third kappa shape index (κ3) is 4.59. The molecular formula is C16H17N5O3S2. The highest BCUT2D eigenvalue weighted by Gasteiger charge is 2.10. The lowest BCUT2D eigenvalue weighted by Gasteiger charge is -2.12. The summed E-state index contributed by atoms with van der Waals surface area (Å²) in [5, 5.41) is 25.8. The molecule has 0 aliphatic carbocycles. The van der Waals surface area contributed by atoms with Crippen LogP contribution in [0.25, 0.3) is 10.2 Å². The highest BCUT2D eigenvalue weighted by Crippen LogP contribution is 2.26. The van der Waals surface area contributed by atoms with Crippen molar-refractivity contribution in [2.75, 3.05) is 30.0 Å². The van der Waals surface area contributed by atoms with Crippen LogP contribution >= 0.6 is 23.1 Å². The lowest BCUT2D eigenvalue weighted by molar-refractivity contribution is 0.0697. The van der Waals surface area contributed by atoms with Gasteiger partial charge in [-0.2, -0.15) is 0 Å². The van der Waals surface area contributed by atoms with E-state index < -0.39 is 12.1 Å². The standard InChI is InChI=1S/C16H17N5O3S2/c1-25-11-7-18-15(19-8-11)17-5-10(22)6-20-16-21-12-3-2-9(14(23)24)4-13(12)26-16/h2-4,7-8,10,22H,5-6H2,1H3,(H,20,21)(H,23,24)(H,17,18,19)/t10-/m1/s1. The van der Waals surface area contributed by atoms with Gasteiger partial charge in [-0.05, 0) is 24.5 Å². The molecule has 8 nitrogen and oxygen atoms in total. The molecule has 1 atom stereocenters. The smallest absolute Gasteiger partial charge is 0.335 e. The summed E-state index contributed by atoms with van der Waals surface area (Å²) in [5.74, 6) is -0.507. The molecule has 2 aromatic heterocycles. The van der Waals surface area contributed by atoms with Crippen LogP contribution < -0.4 is 10.6 Å². The number of aliphatic hydroxyl groups excluding tert-OH is 1. The number of carbonyl (C=O) groups is 1. The molecule has 26 heavy (non-hydrogen) atoms. The first-order valence-electron chi connectivity index (χ1n) is 7.71. The topological polar surface area (TPSA) is 120 Å². The van der Waals surface area contributed by atoms with Crippen LogP contribution in [-0.2, 0) is 0 Å². The van der Waals surface area contributed by atoms with Gasteiger partial charge < -0.3 is 20.8 Å². The van der Waals surface area contributed by atoms with Crippen molar-refractivity contribution in [2.45, 2.75) is 11.0 Å². The van der Waals surface area contributed by atoms with Gasteiger partial charge in [0.2, 0.25) is 5.95 Å².